The smallest absolute Gasteiger partial charge is 0.228 e. The first kappa shape index (κ1) is 13.0. The summed E-state index contributed by atoms with van der Waals surface area (Å²) in [6, 6.07) is 9.72. The number of rotatable bonds is 3. The molecule has 1 amide bonds. The van der Waals surface area contributed by atoms with Gasteiger partial charge in [0.25, 0.3) is 0 Å². The number of carbonyl (C=O) groups is 1. The normalized spacial score (nSPS) is 10.2. The van der Waals surface area contributed by atoms with Crippen molar-refractivity contribution in [3.8, 4) is 5.75 Å². The molecular formula is C14H11F2NO2. The molecule has 0 aromatic heterocycles. The average molecular weight is 263 g/mol. The van der Waals surface area contributed by atoms with Gasteiger partial charge in [0.1, 0.15) is 5.75 Å². The Morgan fingerprint density at radius 2 is 1.89 bits per heavy atom. The van der Waals surface area contributed by atoms with Crippen molar-refractivity contribution >= 4 is 11.6 Å². The summed E-state index contributed by atoms with van der Waals surface area (Å²) in [5, 5.41) is 11.5. The van der Waals surface area contributed by atoms with Gasteiger partial charge in [-0.1, -0.05) is 18.2 Å². The monoisotopic (exact) mass is 263 g/mol. The Bertz CT molecular complexity index is 614. The Hall–Kier alpha value is -2.43. The largest absolute Gasteiger partial charge is 0.508 e. The second-order valence-electron chi connectivity index (χ2n) is 4.00. The molecule has 2 N–H and O–H groups in total. The van der Waals surface area contributed by atoms with Gasteiger partial charge in [0.05, 0.1) is 12.1 Å². The van der Waals surface area contributed by atoms with Crippen molar-refractivity contribution < 1.29 is 18.7 Å². The summed E-state index contributed by atoms with van der Waals surface area (Å²) in [7, 11) is 0. The zero-order chi connectivity index (χ0) is 13.8. The molecule has 0 fully saturated rings. The van der Waals surface area contributed by atoms with Crippen LogP contribution in [0.2, 0.25) is 0 Å². The molecule has 0 saturated carbocycles. The lowest BCUT2D eigenvalue weighted by molar-refractivity contribution is -0.115. The molecule has 2 rings (SSSR count). The van der Waals surface area contributed by atoms with E-state index in [9.17, 15) is 18.7 Å². The Morgan fingerprint density at radius 3 is 2.63 bits per heavy atom. The molecular weight excluding hydrogens is 252 g/mol. The van der Waals surface area contributed by atoms with Crippen LogP contribution in [-0.2, 0) is 11.2 Å². The second kappa shape index (κ2) is 5.48. The Labute approximate surface area is 108 Å². The topological polar surface area (TPSA) is 49.3 Å². The number of phenolic OH excluding ortho intramolecular Hbond substituents is 1. The molecule has 0 spiro atoms. The van der Waals surface area contributed by atoms with Crippen LogP contribution in [0.25, 0.3) is 0 Å². The van der Waals surface area contributed by atoms with Crippen LogP contribution in [0.4, 0.5) is 14.5 Å². The van der Waals surface area contributed by atoms with Gasteiger partial charge >= 0.3 is 0 Å². The molecule has 19 heavy (non-hydrogen) atoms. The average Bonchev–Trinajstić information content (AvgIpc) is 2.35. The summed E-state index contributed by atoms with van der Waals surface area (Å²) < 4.78 is 26.3. The number of carbonyl (C=O) groups excluding carboxylic acids is 1. The van der Waals surface area contributed by atoms with Gasteiger partial charge in [-0.05, 0) is 29.8 Å². The molecule has 0 unspecified atom stereocenters. The van der Waals surface area contributed by atoms with E-state index >= 15 is 0 Å². The molecule has 0 aliphatic heterocycles. The summed E-state index contributed by atoms with van der Waals surface area (Å²) in [5.74, 6) is -2.56. The fraction of sp³-hybridized carbons (Fsp3) is 0.0714. The minimum Gasteiger partial charge on any atom is -0.508 e. The highest BCUT2D eigenvalue weighted by Gasteiger charge is 2.11. The first-order valence-corrected chi connectivity index (χ1v) is 5.58. The minimum atomic E-state index is -1.09. The summed E-state index contributed by atoms with van der Waals surface area (Å²) in [4.78, 5) is 11.7. The maximum Gasteiger partial charge on any atom is 0.228 e. The fourth-order valence-corrected chi connectivity index (χ4v) is 1.65. The molecule has 5 heteroatoms. The predicted octanol–water partition coefficient (Wildman–Crippen LogP) is 2.85. The molecule has 0 aliphatic rings. The number of phenols is 1. The number of hydrogen-bond donors (Lipinski definition) is 2. The molecule has 0 saturated heterocycles. The minimum absolute atomic E-state index is 0.0373. The SMILES string of the molecule is O=C(Cc1cccc(O)c1)Nc1cccc(F)c1F. The van der Waals surface area contributed by atoms with Gasteiger partial charge in [-0.2, -0.15) is 0 Å². The van der Waals surface area contributed by atoms with Gasteiger partial charge in [-0.15, -0.1) is 0 Å². The van der Waals surface area contributed by atoms with Crippen molar-refractivity contribution in [2.24, 2.45) is 0 Å². The summed E-state index contributed by atoms with van der Waals surface area (Å²) in [6.45, 7) is 0. The van der Waals surface area contributed by atoms with Crippen LogP contribution >= 0.6 is 0 Å². The van der Waals surface area contributed by atoms with Gasteiger partial charge in [-0.3, -0.25) is 4.79 Å². The van der Waals surface area contributed by atoms with Gasteiger partial charge in [-0.25, -0.2) is 8.78 Å². The zero-order valence-electron chi connectivity index (χ0n) is 9.86. The molecule has 0 heterocycles. The first-order valence-electron chi connectivity index (χ1n) is 5.58. The van der Waals surface area contributed by atoms with E-state index in [1.54, 1.807) is 12.1 Å². The number of amides is 1. The van der Waals surface area contributed by atoms with E-state index in [0.717, 1.165) is 6.07 Å². The lowest BCUT2D eigenvalue weighted by atomic mass is 10.1. The first-order chi connectivity index (χ1) is 9.06. The van der Waals surface area contributed by atoms with Crippen LogP contribution in [0.3, 0.4) is 0 Å². The standard InChI is InChI=1S/C14H11F2NO2/c15-11-5-2-6-12(14(11)16)17-13(19)8-9-3-1-4-10(18)7-9/h1-7,18H,8H2,(H,17,19). The lowest BCUT2D eigenvalue weighted by Crippen LogP contribution is -2.15. The maximum atomic E-state index is 13.3. The number of halogens is 2. The summed E-state index contributed by atoms with van der Waals surface area (Å²) in [6.07, 6.45) is -0.0373. The van der Waals surface area contributed by atoms with Gasteiger partial charge in [0, 0.05) is 0 Å². The fourth-order valence-electron chi connectivity index (χ4n) is 1.65. The molecule has 98 valence electrons. The van der Waals surface area contributed by atoms with Crippen molar-refractivity contribution in [2.75, 3.05) is 5.32 Å². The van der Waals surface area contributed by atoms with Crippen LogP contribution in [0, 0.1) is 11.6 Å². The third-order valence-corrected chi connectivity index (χ3v) is 2.50. The predicted molar refractivity (Wildman–Crippen MR) is 66.8 cm³/mol. The number of aromatic hydroxyl groups is 1. The van der Waals surface area contributed by atoms with Crippen molar-refractivity contribution in [3.05, 3.63) is 59.7 Å². The summed E-state index contributed by atoms with van der Waals surface area (Å²) >= 11 is 0. The summed E-state index contributed by atoms with van der Waals surface area (Å²) in [5.41, 5.74) is 0.375. The molecule has 0 atom stereocenters. The molecule has 2 aromatic carbocycles. The highest BCUT2D eigenvalue weighted by Crippen LogP contribution is 2.17. The Kier molecular flexibility index (Phi) is 3.75. The van der Waals surface area contributed by atoms with Crippen LogP contribution < -0.4 is 5.32 Å². The quantitative estimate of drug-likeness (QED) is 0.894. The van der Waals surface area contributed by atoms with E-state index in [1.165, 1.54) is 24.3 Å². The number of nitrogens with one attached hydrogen (secondary N) is 1. The lowest BCUT2D eigenvalue weighted by Gasteiger charge is -2.07. The van der Waals surface area contributed by atoms with E-state index in [4.69, 9.17) is 0 Å². The van der Waals surface area contributed by atoms with Crippen molar-refractivity contribution in [1.82, 2.24) is 0 Å². The van der Waals surface area contributed by atoms with Gasteiger partial charge < -0.3 is 10.4 Å². The molecule has 0 bridgehead atoms. The van der Waals surface area contributed by atoms with Gasteiger partial charge in [0.15, 0.2) is 11.6 Å². The third kappa shape index (κ3) is 3.28. The van der Waals surface area contributed by atoms with E-state index in [2.05, 4.69) is 5.32 Å². The van der Waals surface area contributed by atoms with E-state index < -0.39 is 17.5 Å². The van der Waals surface area contributed by atoms with Crippen molar-refractivity contribution in [3.63, 3.8) is 0 Å². The molecule has 3 nitrogen and oxygen atoms in total. The third-order valence-electron chi connectivity index (χ3n) is 2.50. The Balaban J connectivity index is 2.08. The second-order valence-corrected chi connectivity index (χ2v) is 4.00. The van der Waals surface area contributed by atoms with Gasteiger partial charge in [0.2, 0.25) is 5.91 Å². The van der Waals surface area contributed by atoms with Crippen LogP contribution in [0.15, 0.2) is 42.5 Å². The number of hydrogen-bond acceptors (Lipinski definition) is 2. The molecule has 0 aliphatic carbocycles. The van der Waals surface area contributed by atoms with Crippen molar-refractivity contribution in [1.29, 1.82) is 0 Å². The highest BCUT2D eigenvalue weighted by atomic mass is 19.2. The maximum absolute atomic E-state index is 13.3. The van der Waals surface area contributed by atoms with Crippen molar-refractivity contribution in [2.45, 2.75) is 6.42 Å². The van der Waals surface area contributed by atoms with E-state index in [1.807, 2.05) is 0 Å². The molecule has 2 aromatic rings. The zero-order valence-corrected chi connectivity index (χ0v) is 9.86. The van der Waals surface area contributed by atoms with Crippen LogP contribution in [0.5, 0.6) is 5.75 Å². The van der Waals surface area contributed by atoms with E-state index in [0.29, 0.717) is 5.56 Å². The Morgan fingerprint density at radius 1 is 1.16 bits per heavy atom. The van der Waals surface area contributed by atoms with Crippen LogP contribution in [-0.4, -0.2) is 11.0 Å². The van der Waals surface area contributed by atoms with E-state index in [-0.39, 0.29) is 17.9 Å². The van der Waals surface area contributed by atoms with Crippen LogP contribution in [0.1, 0.15) is 5.56 Å². The highest BCUT2D eigenvalue weighted by molar-refractivity contribution is 5.92. The number of anilines is 1. The number of benzene rings is 2. The molecule has 0 radical (unpaired) electrons.